The average Bonchev–Trinajstić information content (AvgIpc) is 3.99. The van der Waals surface area contributed by atoms with Gasteiger partial charge in [-0.05, 0) is 125 Å². The topological polar surface area (TPSA) is 3.24 Å². The summed E-state index contributed by atoms with van der Waals surface area (Å²) in [5, 5.41) is 2.43. The van der Waals surface area contributed by atoms with Crippen molar-refractivity contribution in [2.24, 2.45) is 0 Å². The van der Waals surface area contributed by atoms with Gasteiger partial charge in [0.15, 0.2) is 0 Å². The van der Waals surface area contributed by atoms with E-state index in [1.807, 2.05) is 0 Å². The Bertz CT molecular complexity index is 3670. The molecule has 1 nitrogen and oxygen atoms in total. The van der Waals surface area contributed by atoms with Crippen LogP contribution in [-0.4, -0.2) is 0 Å². The zero-order chi connectivity index (χ0) is 44.1. The largest absolute Gasteiger partial charge is 0.310 e. The van der Waals surface area contributed by atoms with Crippen LogP contribution in [-0.2, 0) is 10.8 Å². The highest BCUT2D eigenvalue weighted by Crippen LogP contribution is 2.64. The van der Waals surface area contributed by atoms with Crippen molar-refractivity contribution in [2.45, 2.75) is 10.8 Å². The summed E-state index contributed by atoms with van der Waals surface area (Å²) in [5.74, 6) is 0. The van der Waals surface area contributed by atoms with Gasteiger partial charge in [0.05, 0.1) is 16.5 Å². The van der Waals surface area contributed by atoms with Gasteiger partial charge in [0, 0.05) is 16.9 Å². The maximum atomic E-state index is 2.54. The zero-order valence-electron chi connectivity index (χ0n) is 36.8. The molecule has 0 saturated heterocycles. The van der Waals surface area contributed by atoms with Gasteiger partial charge in [0.1, 0.15) is 0 Å². The van der Waals surface area contributed by atoms with Gasteiger partial charge in [-0.1, -0.05) is 231 Å². The summed E-state index contributed by atoms with van der Waals surface area (Å²) in [4.78, 5) is 2.54. The third-order valence-electron chi connectivity index (χ3n) is 15.1. The average molecular weight is 850 g/mol. The van der Waals surface area contributed by atoms with Crippen molar-refractivity contribution in [3.05, 3.63) is 305 Å². The lowest BCUT2D eigenvalue weighted by Gasteiger charge is -2.35. The second-order valence-electron chi connectivity index (χ2n) is 18.3. The molecule has 0 amide bonds. The molecule has 3 aliphatic carbocycles. The Labute approximate surface area is 391 Å². The van der Waals surface area contributed by atoms with Crippen LogP contribution in [0.2, 0.25) is 0 Å². The molecular formula is C66H43N. The van der Waals surface area contributed by atoms with Crippen molar-refractivity contribution in [3.8, 4) is 44.5 Å². The first-order chi connectivity index (χ1) is 33.3. The minimum atomic E-state index is -0.547. The Balaban J connectivity index is 1.08. The van der Waals surface area contributed by atoms with E-state index >= 15 is 0 Å². The van der Waals surface area contributed by atoms with E-state index in [0.29, 0.717) is 0 Å². The lowest BCUT2D eigenvalue weighted by Crippen LogP contribution is -2.28. The second kappa shape index (κ2) is 14.5. The smallest absolute Gasteiger partial charge is 0.0725 e. The number of nitrogens with zero attached hydrogens (tertiary/aromatic N) is 1. The van der Waals surface area contributed by atoms with Crippen LogP contribution in [0.5, 0.6) is 0 Å². The Morgan fingerprint density at radius 1 is 0.269 bits per heavy atom. The summed E-state index contributed by atoms with van der Waals surface area (Å²) in [6.45, 7) is 0. The molecule has 11 aromatic rings. The molecule has 0 heterocycles. The van der Waals surface area contributed by atoms with E-state index < -0.39 is 10.8 Å². The van der Waals surface area contributed by atoms with Crippen molar-refractivity contribution in [1.82, 2.24) is 0 Å². The lowest BCUT2D eigenvalue weighted by atomic mass is 9.67. The first kappa shape index (κ1) is 37.8. The van der Waals surface area contributed by atoms with Crippen LogP contribution in [0.1, 0.15) is 44.5 Å². The number of benzene rings is 11. The van der Waals surface area contributed by atoms with Crippen molar-refractivity contribution in [1.29, 1.82) is 0 Å². The number of hydrogen-bond donors (Lipinski definition) is 0. The van der Waals surface area contributed by atoms with E-state index in [-0.39, 0.29) is 0 Å². The summed E-state index contributed by atoms with van der Waals surface area (Å²) in [6.07, 6.45) is 0. The van der Waals surface area contributed by atoms with Crippen molar-refractivity contribution in [3.63, 3.8) is 0 Å². The Hall–Kier alpha value is -8.52. The minimum Gasteiger partial charge on any atom is -0.310 e. The molecule has 14 rings (SSSR count). The molecule has 312 valence electrons. The lowest BCUT2D eigenvalue weighted by molar-refractivity contribution is 0.768. The predicted molar refractivity (Wildman–Crippen MR) is 278 cm³/mol. The molecule has 0 aromatic heterocycles. The molecule has 11 aromatic carbocycles. The highest BCUT2D eigenvalue weighted by molar-refractivity contribution is 6.06. The molecule has 67 heavy (non-hydrogen) atoms. The summed E-state index contributed by atoms with van der Waals surface area (Å²) < 4.78 is 0. The Morgan fingerprint density at radius 3 is 1.30 bits per heavy atom. The van der Waals surface area contributed by atoms with Crippen molar-refractivity contribution >= 4 is 27.8 Å². The third kappa shape index (κ3) is 5.14. The summed E-state index contributed by atoms with van der Waals surface area (Å²) in [6, 6.07) is 97.6. The van der Waals surface area contributed by atoms with Crippen LogP contribution < -0.4 is 4.90 Å². The molecule has 0 atom stereocenters. The molecule has 0 aliphatic heterocycles. The summed E-state index contributed by atoms with van der Waals surface area (Å²) in [7, 11) is 0. The Kier molecular flexibility index (Phi) is 8.18. The van der Waals surface area contributed by atoms with E-state index in [2.05, 4.69) is 266 Å². The molecule has 0 radical (unpaired) electrons. The van der Waals surface area contributed by atoms with Gasteiger partial charge < -0.3 is 4.90 Å². The van der Waals surface area contributed by atoms with Gasteiger partial charge in [0.25, 0.3) is 0 Å². The third-order valence-corrected chi connectivity index (χ3v) is 15.1. The fourth-order valence-corrected chi connectivity index (χ4v) is 12.6. The highest BCUT2D eigenvalue weighted by Gasteiger charge is 2.52. The van der Waals surface area contributed by atoms with Gasteiger partial charge >= 0.3 is 0 Å². The molecular weight excluding hydrogens is 807 g/mol. The summed E-state index contributed by atoms with van der Waals surface area (Å²) >= 11 is 0. The molecule has 1 heteroatoms. The standard InChI is InChI=1S/C66H43N/c1-4-21-45(22-5-1)64-50-27-11-10-20-44(50)36-41-63(64)67(49-37-39-55-53-30-12-16-32-57(53)65(62(55)43-49,46-23-6-2-7-24-46)47-25-8-3-9-26-47)48-38-40-61-56(42-48)54-31-15-19-35-60(54)66(61)58-33-17-13-28-51(58)52-29-14-18-34-59(52)66/h1-43H. The predicted octanol–water partition coefficient (Wildman–Crippen LogP) is 16.7. The molecule has 0 bridgehead atoms. The zero-order valence-corrected chi connectivity index (χ0v) is 36.8. The highest BCUT2D eigenvalue weighted by atomic mass is 15.1. The monoisotopic (exact) mass is 849 g/mol. The molecule has 0 fully saturated rings. The maximum Gasteiger partial charge on any atom is 0.0725 e. The van der Waals surface area contributed by atoms with Gasteiger partial charge in [0.2, 0.25) is 0 Å². The number of rotatable bonds is 6. The van der Waals surface area contributed by atoms with Crippen LogP contribution in [0.25, 0.3) is 55.3 Å². The van der Waals surface area contributed by atoms with E-state index in [4.69, 9.17) is 0 Å². The van der Waals surface area contributed by atoms with E-state index in [1.165, 1.54) is 99.8 Å². The van der Waals surface area contributed by atoms with E-state index in [1.54, 1.807) is 0 Å². The maximum absolute atomic E-state index is 2.54. The number of hydrogen-bond acceptors (Lipinski definition) is 1. The van der Waals surface area contributed by atoms with E-state index in [9.17, 15) is 0 Å². The molecule has 0 saturated carbocycles. The van der Waals surface area contributed by atoms with Crippen LogP contribution in [0.3, 0.4) is 0 Å². The molecule has 3 aliphatic rings. The molecule has 1 spiro atoms. The van der Waals surface area contributed by atoms with Crippen LogP contribution in [0, 0.1) is 0 Å². The normalized spacial score (nSPS) is 13.9. The van der Waals surface area contributed by atoms with Crippen molar-refractivity contribution in [2.75, 3.05) is 4.90 Å². The van der Waals surface area contributed by atoms with Crippen molar-refractivity contribution < 1.29 is 0 Å². The number of fused-ring (bicyclic) bond motifs is 14. The minimum absolute atomic E-state index is 0.426. The quantitative estimate of drug-likeness (QED) is 0.161. The number of anilines is 3. The molecule has 0 N–H and O–H groups in total. The first-order valence-corrected chi connectivity index (χ1v) is 23.4. The van der Waals surface area contributed by atoms with Crippen LogP contribution >= 0.6 is 0 Å². The van der Waals surface area contributed by atoms with E-state index in [0.717, 1.165) is 17.1 Å². The molecule has 0 unspecified atom stereocenters. The second-order valence-corrected chi connectivity index (χ2v) is 18.3. The van der Waals surface area contributed by atoms with Gasteiger partial charge in [-0.25, -0.2) is 0 Å². The first-order valence-electron chi connectivity index (χ1n) is 23.4. The van der Waals surface area contributed by atoms with Gasteiger partial charge in [-0.3, -0.25) is 0 Å². The fourth-order valence-electron chi connectivity index (χ4n) is 12.6. The van der Waals surface area contributed by atoms with Gasteiger partial charge in [-0.15, -0.1) is 0 Å². The van der Waals surface area contributed by atoms with Crippen LogP contribution in [0.15, 0.2) is 261 Å². The van der Waals surface area contributed by atoms with Gasteiger partial charge in [-0.2, -0.15) is 0 Å². The fraction of sp³-hybridized carbons (Fsp3) is 0.0303. The Morgan fingerprint density at radius 2 is 0.701 bits per heavy atom. The van der Waals surface area contributed by atoms with Crippen LogP contribution in [0.4, 0.5) is 17.1 Å². The summed E-state index contributed by atoms with van der Waals surface area (Å²) in [5.41, 5.74) is 22.9. The SMILES string of the molecule is c1ccc(-c2c(N(c3ccc4c(c3)-c3ccccc3C43c4ccccc4-c4ccccc43)c3ccc4c(c3)C(c3ccccc3)(c3ccccc3)c3ccccc3-4)ccc3ccccc23)cc1.